The summed E-state index contributed by atoms with van der Waals surface area (Å²) in [6, 6.07) is 5.74. The first-order valence-electron chi connectivity index (χ1n) is 12.6. The Bertz CT molecular complexity index is 910. The molecule has 5 nitrogen and oxygen atoms in total. The third-order valence-corrected chi connectivity index (χ3v) is 8.89. The van der Waals surface area contributed by atoms with Gasteiger partial charge in [-0.25, -0.2) is 0 Å². The van der Waals surface area contributed by atoms with Crippen LogP contribution in [0, 0.1) is 23.7 Å². The predicted octanol–water partition coefficient (Wildman–Crippen LogP) is 5.43. The molecular weight excluding hydrogens is 471 g/mol. The van der Waals surface area contributed by atoms with Crippen LogP contribution in [0.25, 0.3) is 0 Å². The van der Waals surface area contributed by atoms with E-state index in [1.54, 1.807) is 6.07 Å². The number of carbonyl (C=O) groups is 1. The number of carbonyl (C=O) groups excluding carboxylic acids is 1. The zero-order valence-corrected chi connectivity index (χ0v) is 22.3. The van der Waals surface area contributed by atoms with Crippen molar-refractivity contribution >= 4 is 34.9 Å². The van der Waals surface area contributed by atoms with E-state index >= 15 is 0 Å². The number of rotatable bonds is 5. The van der Waals surface area contributed by atoms with Crippen LogP contribution in [-0.4, -0.2) is 60.4 Å². The first kappa shape index (κ1) is 25.8. The van der Waals surface area contributed by atoms with Crippen LogP contribution in [0.1, 0.15) is 47.0 Å². The van der Waals surface area contributed by atoms with Gasteiger partial charge in [0.25, 0.3) is 0 Å². The molecule has 1 saturated heterocycles. The molecule has 1 unspecified atom stereocenters. The van der Waals surface area contributed by atoms with Crippen LogP contribution in [-0.2, 0) is 9.53 Å². The molecule has 4 rings (SSSR count). The van der Waals surface area contributed by atoms with Crippen LogP contribution in [0.4, 0.5) is 5.69 Å². The number of fused-ring (bicyclic) bond motifs is 1. The number of hydrogen-bond donors (Lipinski definition) is 1. The number of aliphatic hydroxyl groups is 1. The lowest BCUT2D eigenvalue weighted by molar-refractivity contribution is -0.159. The van der Waals surface area contributed by atoms with Crippen molar-refractivity contribution < 1.29 is 14.6 Å². The molecule has 1 heterocycles. The van der Waals surface area contributed by atoms with E-state index < -0.39 is 5.60 Å². The first-order valence-corrected chi connectivity index (χ1v) is 13.3. The molecule has 0 bridgehead atoms. The largest absolute Gasteiger partial charge is 0.458 e. The third-order valence-electron chi connectivity index (χ3n) is 8.46. The number of piperazine rings is 1. The van der Waals surface area contributed by atoms with Crippen LogP contribution in [0.3, 0.4) is 0 Å². The fourth-order valence-corrected chi connectivity index (χ4v) is 6.97. The number of anilines is 1. The van der Waals surface area contributed by atoms with Gasteiger partial charge < -0.3 is 14.7 Å². The number of hydrogen-bond acceptors (Lipinski definition) is 5. The Morgan fingerprint density at radius 3 is 2.44 bits per heavy atom. The van der Waals surface area contributed by atoms with E-state index in [2.05, 4.69) is 29.7 Å². The zero-order valence-electron chi connectivity index (χ0n) is 20.8. The summed E-state index contributed by atoms with van der Waals surface area (Å²) in [7, 11) is 0. The third kappa shape index (κ3) is 5.43. The van der Waals surface area contributed by atoms with Gasteiger partial charge in [-0.2, -0.15) is 0 Å². The minimum absolute atomic E-state index is 0.105. The van der Waals surface area contributed by atoms with E-state index in [1.807, 2.05) is 19.1 Å². The van der Waals surface area contributed by atoms with Gasteiger partial charge in [0.15, 0.2) is 0 Å². The van der Waals surface area contributed by atoms with Gasteiger partial charge in [0.1, 0.15) is 6.10 Å². The van der Waals surface area contributed by atoms with Gasteiger partial charge >= 0.3 is 5.97 Å². The van der Waals surface area contributed by atoms with Crippen molar-refractivity contribution in [3.63, 3.8) is 0 Å². The number of benzene rings is 1. The van der Waals surface area contributed by atoms with Gasteiger partial charge in [-0.1, -0.05) is 43.1 Å². The second kappa shape index (κ2) is 10.4. The zero-order chi connectivity index (χ0) is 24.6. The highest BCUT2D eigenvalue weighted by Gasteiger charge is 2.52. The summed E-state index contributed by atoms with van der Waals surface area (Å²) < 4.78 is 5.55. The van der Waals surface area contributed by atoms with E-state index in [1.165, 1.54) is 6.92 Å². The SMILES string of the molecule is CC(=O)O[C@@H]1C[C@@]2(O)[C@H](C)CC[C@@H](C(C)CN3CCN(c4cc(Cl)cc(Cl)c4)CC3)[C@H]2C=C1C. The number of ether oxygens (including phenoxy) is 1. The predicted molar refractivity (Wildman–Crippen MR) is 139 cm³/mol. The van der Waals surface area contributed by atoms with Crippen LogP contribution >= 0.6 is 23.2 Å². The van der Waals surface area contributed by atoms with Crippen molar-refractivity contribution in [3.8, 4) is 0 Å². The normalized spacial score (nSPS) is 33.1. The van der Waals surface area contributed by atoms with Gasteiger partial charge in [0.2, 0.25) is 0 Å². The molecule has 0 aromatic heterocycles. The summed E-state index contributed by atoms with van der Waals surface area (Å²) in [5.74, 6) is 0.890. The molecule has 1 aliphatic heterocycles. The maximum absolute atomic E-state index is 11.8. The monoisotopic (exact) mass is 508 g/mol. The Labute approximate surface area is 214 Å². The van der Waals surface area contributed by atoms with Crippen molar-refractivity contribution in [1.29, 1.82) is 0 Å². The summed E-state index contributed by atoms with van der Waals surface area (Å²) >= 11 is 12.4. The number of esters is 1. The van der Waals surface area contributed by atoms with Gasteiger partial charge in [-0.3, -0.25) is 9.69 Å². The molecule has 0 spiro atoms. The molecule has 0 radical (unpaired) electrons. The van der Waals surface area contributed by atoms with E-state index in [4.69, 9.17) is 27.9 Å². The molecule has 1 N–H and O–H groups in total. The minimum Gasteiger partial charge on any atom is -0.458 e. The lowest BCUT2D eigenvalue weighted by Crippen LogP contribution is -2.56. The highest BCUT2D eigenvalue weighted by Crippen LogP contribution is 2.51. The average molecular weight is 510 g/mol. The summed E-state index contributed by atoms with van der Waals surface area (Å²) in [6.07, 6.45) is 4.53. The van der Waals surface area contributed by atoms with Crippen molar-refractivity contribution in [2.45, 2.75) is 58.7 Å². The molecule has 0 amide bonds. The van der Waals surface area contributed by atoms with Crippen LogP contribution in [0.15, 0.2) is 29.8 Å². The summed E-state index contributed by atoms with van der Waals surface area (Å²) in [4.78, 5) is 16.5. The fourth-order valence-electron chi connectivity index (χ4n) is 6.45. The van der Waals surface area contributed by atoms with Gasteiger partial charge in [-0.15, -0.1) is 0 Å². The average Bonchev–Trinajstić information content (AvgIpc) is 2.75. The molecule has 1 saturated carbocycles. The summed E-state index contributed by atoms with van der Waals surface area (Å²) in [6.45, 7) is 12.9. The number of halogens is 2. The van der Waals surface area contributed by atoms with E-state index in [0.29, 0.717) is 28.3 Å². The maximum atomic E-state index is 11.8. The van der Waals surface area contributed by atoms with Gasteiger partial charge in [-0.05, 0) is 61.3 Å². The Hall–Kier alpha value is -1.27. The topological polar surface area (TPSA) is 53.0 Å². The van der Waals surface area contributed by atoms with Gasteiger partial charge in [0.05, 0.1) is 5.60 Å². The van der Waals surface area contributed by atoms with E-state index in [0.717, 1.165) is 56.8 Å². The maximum Gasteiger partial charge on any atom is 0.303 e. The molecule has 1 aromatic rings. The molecule has 188 valence electrons. The Morgan fingerprint density at radius 1 is 1.18 bits per heavy atom. The minimum atomic E-state index is -0.818. The molecule has 7 heteroatoms. The van der Waals surface area contributed by atoms with Crippen molar-refractivity contribution in [2.24, 2.45) is 23.7 Å². The first-order chi connectivity index (χ1) is 16.1. The van der Waals surface area contributed by atoms with E-state index in [9.17, 15) is 9.90 Å². The highest BCUT2D eigenvalue weighted by atomic mass is 35.5. The van der Waals surface area contributed by atoms with Crippen LogP contribution in [0.5, 0.6) is 0 Å². The van der Waals surface area contributed by atoms with Crippen molar-refractivity contribution in [2.75, 3.05) is 37.6 Å². The standard InChI is InChI=1S/C27H38Cl2N2O3/c1-17-11-25-24(6-5-19(3)27(25,33)15-26(17)34-20(4)32)18(2)16-30-7-9-31(10-8-30)23-13-21(28)12-22(29)14-23/h11-14,18-19,24-26,33H,5-10,15-16H2,1-4H3/t18?,19-,24+,25-,26-,27-/m1/s1. The Kier molecular flexibility index (Phi) is 7.88. The van der Waals surface area contributed by atoms with Crippen molar-refractivity contribution in [1.82, 2.24) is 4.90 Å². The highest BCUT2D eigenvalue weighted by molar-refractivity contribution is 6.35. The summed E-state index contributed by atoms with van der Waals surface area (Å²) in [5, 5.41) is 13.2. The fraction of sp³-hybridized carbons (Fsp3) is 0.667. The number of nitrogens with zero attached hydrogens (tertiary/aromatic N) is 2. The Morgan fingerprint density at radius 2 is 1.82 bits per heavy atom. The quantitative estimate of drug-likeness (QED) is 0.424. The van der Waals surface area contributed by atoms with Crippen LogP contribution in [0.2, 0.25) is 10.0 Å². The molecule has 3 aliphatic rings. The van der Waals surface area contributed by atoms with Crippen LogP contribution < -0.4 is 4.90 Å². The molecule has 2 fully saturated rings. The second-order valence-electron chi connectivity index (χ2n) is 10.8. The molecule has 34 heavy (non-hydrogen) atoms. The second-order valence-corrected chi connectivity index (χ2v) is 11.6. The van der Waals surface area contributed by atoms with Crippen molar-refractivity contribution in [3.05, 3.63) is 39.9 Å². The Balaban J connectivity index is 1.41. The summed E-state index contributed by atoms with van der Waals surface area (Å²) in [5.41, 5.74) is 1.34. The van der Waals surface area contributed by atoms with Gasteiger partial charge in [0, 0.05) is 67.7 Å². The molecule has 6 atom stereocenters. The molecule has 1 aromatic carbocycles. The van der Waals surface area contributed by atoms with E-state index in [-0.39, 0.29) is 23.9 Å². The lowest BCUT2D eigenvalue weighted by atomic mass is 9.57. The lowest BCUT2D eigenvalue weighted by Gasteiger charge is -2.53. The molecule has 2 aliphatic carbocycles. The molecular formula is C27H38Cl2N2O3. The smallest absolute Gasteiger partial charge is 0.303 e.